The molecule has 0 fully saturated rings. The molecule has 0 saturated carbocycles. The topological polar surface area (TPSA) is 51.8 Å². The first-order chi connectivity index (χ1) is 23.2. The lowest BCUT2D eigenvalue weighted by molar-refractivity contribution is 0.669. The van der Waals surface area contributed by atoms with E-state index >= 15 is 0 Å². The molecule has 0 bridgehead atoms. The highest BCUT2D eigenvalue weighted by molar-refractivity contribution is 6.05. The van der Waals surface area contributed by atoms with E-state index in [-0.39, 0.29) is 0 Å². The molecule has 0 radical (unpaired) electrons. The zero-order chi connectivity index (χ0) is 31.2. The van der Waals surface area contributed by atoms with Gasteiger partial charge in [-0.2, -0.15) is 0 Å². The Balaban J connectivity index is 1.11. The Morgan fingerprint density at radius 3 is 1.62 bits per heavy atom. The lowest BCUT2D eigenvalue weighted by atomic mass is 9.97. The van der Waals surface area contributed by atoms with E-state index < -0.39 is 0 Å². The van der Waals surface area contributed by atoms with Crippen molar-refractivity contribution in [3.05, 3.63) is 164 Å². The zero-order valence-corrected chi connectivity index (χ0v) is 25.3. The molecule has 47 heavy (non-hydrogen) atoms. The molecule has 0 N–H and O–H groups in total. The summed E-state index contributed by atoms with van der Waals surface area (Å²) >= 11 is 0. The normalized spacial score (nSPS) is 11.4. The van der Waals surface area contributed by atoms with Crippen LogP contribution in [0.5, 0.6) is 0 Å². The third-order valence-corrected chi connectivity index (χ3v) is 8.73. The fourth-order valence-electron chi connectivity index (χ4n) is 6.28. The molecule has 0 aliphatic carbocycles. The molecule has 0 atom stereocenters. The highest BCUT2D eigenvalue weighted by Crippen LogP contribution is 2.34. The fraction of sp³-hybridized carbons (Fsp3) is 0. The van der Waals surface area contributed by atoms with Crippen LogP contribution < -0.4 is 0 Å². The monoisotopic (exact) mass is 601 g/mol. The van der Waals surface area contributed by atoms with E-state index in [9.17, 15) is 0 Å². The van der Waals surface area contributed by atoms with E-state index in [2.05, 4.69) is 109 Å². The van der Waals surface area contributed by atoms with Crippen LogP contribution in [0.1, 0.15) is 0 Å². The molecule has 0 aliphatic rings. The molecule has 7 aromatic carbocycles. The van der Waals surface area contributed by atoms with E-state index in [1.807, 2.05) is 54.6 Å². The highest BCUT2D eigenvalue weighted by atomic mass is 16.3. The minimum atomic E-state index is 0.598. The summed E-state index contributed by atoms with van der Waals surface area (Å²) in [7, 11) is 0. The Kier molecular flexibility index (Phi) is 6.43. The van der Waals surface area contributed by atoms with Gasteiger partial charge in [0.1, 0.15) is 11.2 Å². The Hall–Kier alpha value is -6.39. The molecule has 4 heteroatoms. The molecule has 0 amide bonds. The Bertz CT molecular complexity index is 2570. The zero-order valence-electron chi connectivity index (χ0n) is 25.3. The lowest BCUT2D eigenvalue weighted by Crippen LogP contribution is -2.00. The van der Waals surface area contributed by atoms with Gasteiger partial charge in [-0.1, -0.05) is 133 Å². The number of para-hydroxylation sites is 1. The lowest BCUT2D eigenvalue weighted by Gasteiger charge is -2.10. The molecule has 220 valence electrons. The molecule has 0 aliphatic heterocycles. The van der Waals surface area contributed by atoms with Crippen molar-refractivity contribution in [2.75, 3.05) is 0 Å². The third kappa shape index (κ3) is 5.02. The largest absolute Gasteiger partial charge is 0.456 e. The predicted octanol–water partition coefficient (Wildman–Crippen LogP) is 11.3. The summed E-state index contributed by atoms with van der Waals surface area (Å²) in [5, 5.41) is 4.65. The minimum absolute atomic E-state index is 0.598. The maximum atomic E-state index is 6.19. The van der Waals surface area contributed by atoms with Crippen LogP contribution in [0.4, 0.5) is 0 Å². The molecule has 0 spiro atoms. The molecule has 4 nitrogen and oxygen atoms in total. The van der Waals surface area contributed by atoms with Crippen LogP contribution in [-0.2, 0) is 0 Å². The smallest absolute Gasteiger partial charge is 0.164 e. The van der Waals surface area contributed by atoms with Crippen molar-refractivity contribution in [3.63, 3.8) is 0 Å². The van der Waals surface area contributed by atoms with Gasteiger partial charge < -0.3 is 4.42 Å². The van der Waals surface area contributed by atoms with Crippen LogP contribution >= 0.6 is 0 Å². The van der Waals surface area contributed by atoms with Crippen LogP contribution in [-0.4, -0.2) is 15.0 Å². The van der Waals surface area contributed by atoms with E-state index in [1.54, 1.807) is 0 Å². The van der Waals surface area contributed by atoms with Gasteiger partial charge in [-0.3, -0.25) is 0 Å². The molecular formula is C43H27N3O. The Labute approximate surface area is 271 Å². The standard InChI is InChI=1S/C43H27N3O/c1-2-10-31(11-3-1)41-44-42(46-43(45-41)36-23-24-38-37-15-6-7-16-39(37)47-40(38)27-36)35-14-8-13-33(26-35)29-17-19-30(20-18-29)34-22-21-28-9-4-5-12-32(28)25-34/h1-27H. The summed E-state index contributed by atoms with van der Waals surface area (Å²) in [5.74, 6) is 1.84. The van der Waals surface area contributed by atoms with Gasteiger partial charge in [-0.05, 0) is 63.4 Å². The number of hydrogen-bond acceptors (Lipinski definition) is 4. The molecule has 9 rings (SSSR count). The predicted molar refractivity (Wildman–Crippen MR) is 192 cm³/mol. The van der Waals surface area contributed by atoms with Crippen LogP contribution in [0, 0.1) is 0 Å². The molecular weight excluding hydrogens is 574 g/mol. The molecule has 2 aromatic heterocycles. The van der Waals surface area contributed by atoms with E-state index in [4.69, 9.17) is 19.4 Å². The fourth-order valence-corrected chi connectivity index (χ4v) is 6.28. The second-order valence-corrected chi connectivity index (χ2v) is 11.7. The number of rotatable bonds is 5. The van der Waals surface area contributed by atoms with Crippen LogP contribution in [0.15, 0.2) is 168 Å². The van der Waals surface area contributed by atoms with Crippen molar-refractivity contribution >= 4 is 32.7 Å². The average Bonchev–Trinajstić information content (AvgIpc) is 3.53. The number of hydrogen-bond donors (Lipinski definition) is 0. The highest BCUT2D eigenvalue weighted by Gasteiger charge is 2.15. The van der Waals surface area contributed by atoms with Crippen molar-refractivity contribution in [1.29, 1.82) is 0 Å². The van der Waals surface area contributed by atoms with Gasteiger partial charge in [0.2, 0.25) is 0 Å². The van der Waals surface area contributed by atoms with Gasteiger partial charge >= 0.3 is 0 Å². The van der Waals surface area contributed by atoms with E-state index in [0.717, 1.165) is 49.8 Å². The van der Waals surface area contributed by atoms with Gasteiger partial charge in [0.25, 0.3) is 0 Å². The van der Waals surface area contributed by atoms with E-state index in [0.29, 0.717) is 17.5 Å². The van der Waals surface area contributed by atoms with Crippen molar-refractivity contribution in [3.8, 4) is 56.4 Å². The second kappa shape index (κ2) is 11.2. The summed E-state index contributed by atoms with van der Waals surface area (Å²) in [5.41, 5.74) is 9.02. The summed E-state index contributed by atoms with van der Waals surface area (Å²) in [6.45, 7) is 0. The third-order valence-electron chi connectivity index (χ3n) is 8.73. The minimum Gasteiger partial charge on any atom is -0.456 e. The van der Waals surface area contributed by atoms with Gasteiger partial charge in [0.05, 0.1) is 0 Å². The van der Waals surface area contributed by atoms with Gasteiger partial charge in [-0.15, -0.1) is 0 Å². The van der Waals surface area contributed by atoms with Gasteiger partial charge in [0.15, 0.2) is 17.5 Å². The number of aromatic nitrogens is 3. The number of fused-ring (bicyclic) bond motifs is 4. The number of furan rings is 1. The van der Waals surface area contributed by atoms with Crippen molar-refractivity contribution in [2.45, 2.75) is 0 Å². The second-order valence-electron chi connectivity index (χ2n) is 11.7. The molecule has 2 heterocycles. The van der Waals surface area contributed by atoms with Gasteiger partial charge in [-0.25, -0.2) is 15.0 Å². The molecule has 0 unspecified atom stereocenters. The molecule has 0 saturated heterocycles. The van der Waals surface area contributed by atoms with Crippen molar-refractivity contribution < 1.29 is 4.42 Å². The molecule has 9 aromatic rings. The Morgan fingerprint density at radius 2 is 0.830 bits per heavy atom. The van der Waals surface area contributed by atoms with Crippen molar-refractivity contribution in [2.24, 2.45) is 0 Å². The summed E-state index contributed by atoms with van der Waals surface area (Å²) in [6.07, 6.45) is 0. The Morgan fingerprint density at radius 1 is 0.298 bits per heavy atom. The first-order valence-electron chi connectivity index (χ1n) is 15.7. The van der Waals surface area contributed by atoms with Crippen LogP contribution in [0.25, 0.3) is 89.1 Å². The maximum absolute atomic E-state index is 6.19. The first kappa shape index (κ1) is 27.0. The van der Waals surface area contributed by atoms with E-state index in [1.165, 1.54) is 21.9 Å². The van der Waals surface area contributed by atoms with Crippen LogP contribution in [0.3, 0.4) is 0 Å². The van der Waals surface area contributed by atoms with Crippen LogP contribution in [0.2, 0.25) is 0 Å². The van der Waals surface area contributed by atoms with Crippen molar-refractivity contribution in [1.82, 2.24) is 15.0 Å². The maximum Gasteiger partial charge on any atom is 0.164 e. The number of nitrogens with zero attached hydrogens (tertiary/aromatic N) is 3. The summed E-state index contributed by atoms with van der Waals surface area (Å²) in [6, 6.07) is 56.6. The first-order valence-corrected chi connectivity index (χ1v) is 15.7. The summed E-state index contributed by atoms with van der Waals surface area (Å²) in [4.78, 5) is 14.9. The number of benzene rings is 7. The van der Waals surface area contributed by atoms with Gasteiger partial charge in [0, 0.05) is 27.5 Å². The SMILES string of the molecule is c1ccc(-c2nc(-c3cccc(-c4ccc(-c5ccc6ccccc6c5)cc4)c3)nc(-c3ccc4c(c3)oc3ccccc34)n2)cc1. The summed E-state index contributed by atoms with van der Waals surface area (Å²) < 4.78 is 6.19. The quantitative estimate of drug-likeness (QED) is 0.197. The average molecular weight is 602 g/mol.